The fraction of sp³-hybridized carbons (Fsp3) is 0.914. The summed E-state index contributed by atoms with van der Waals surface area (Å²) in [6, 6.07) is 0. The lowest BCUT2D eigenvalue weighted by Crippen LogP contribution is -2.70. The third-order valence-electron chi connectivity index (χ3n) is 14.2. The van der Waals surface area contributed by atoms with E-state index in [0.29, 0.717) is 32.1 Å². The number of aliphatic carboxylic acids is 1. The van der Waals surface area contributed by atoms with Crippen molar-refractivity contribution in [2.24, 2.45) is 39.4 Å². The van der Waals surface area contributed by atoms with Crippen LogP contribution in [-0.2, 0) is 28.6 Å². The molecule has 0 spiro atoms. The number of hydrogen-bond acceptors (Lipinski definition) is 8. The van der Waals surface area contributed by atoms with Crippen molar-refractivity contribution in [2.45, 2.75) is 162 Å². The summed E-state index contributed by atoms with van der Waals surface area (Å²) >= 11 is 0. The monoisotopic (exact) mass is 620 g/mol. The zero-order chi connectivity index (χ0) is 32.9. The molecule has 1 saturated heterocycles. The second kappa shape index (κ2) is 10.4. The fourth-order valence-corrected chi connectivity index (χ4v) is 11.9. The molecule has 1 heterocycles. The lowest BCUT2D eigenvalue weighted by Gasteiger charge is -2.71. The molecular formula is C35H56O9. The zero-order valence-corrected chi connectivity index (χ0v) is 28.3. The Morgan fingerprint density at radius 3 is 2.09 bits per heavy atom. The van der Waals surface area contributed by atoms with Crippen molar-refractivity contribution >= 4 is 17.9 Å². The van der Waals surface area contributed by atoms with Gasteiger partial charge in [0.1, 0.15) is 24.2 Å². The fourth-order valence-electron chi connectivity index (χ4n) is 11.9. The van der Waals surface area contributed by atoms with Crippen molar-refractivity contribution < 1.29 is 43.9 Å². The highest BCUT2D eigenvalue weighted by Crippen LogP contribution is 2.77. The molecule has 9 heteroatoms. The summed E-state index contributed by atoms with van der Waals surface area (Å²) in [6.07, 6.45) is 4.65. The Morgan fingerprint density at radius 2 is 1.52 bits per heavy atom. The Morgan fingerprint density at radius 1 is 0.864 bits per heavy atom. The normalized spacial score (nSPS) is 48.1. The Kier molecular flexibility index (Phi) is 7.95. The van der Waals surface area contributed by atoms with E-state index in [1.165, 1.54) is 6.92 Å². The molecule has 11 atom stereocenters. The predicted molar refractivity (Wildman–Crippen MR) is 162 cm³/mol. The van der Waals surface area contributed by atoms with Crippen LogP contribution in [0.1, 0.15) is 127 Å². The van der Waals surface area contributed by atoms with E-state index < -0.39 is 41.3 Å². The van der Waals surface area contributed by atoms with Crippen molar-refractivity contribution in [2.75, 3.05) is 0 Å². The molecule has 250 valence electrons. The Hall–Kier alpha value is -1.71. The van der Waals surface area contributed by atoms with Gasteiger partial charge in [-0.15, -0.1) is 0 Å². The van der Waals surface area contributed by atoms with Crippen LogP contribution in [0.5, 0.6) is 0 Å². The number of carbonyl (C=O) groups is 3. The predicted octanol–water partition coefficient (Wildman–Crippen LogP) is 5.42. The van der Waals surface area contributed by atoms with Gasteiger partial charge in [-0.1, -0.05) is 34.6 Å². The first-order valence-electron chi connectivity index (χ1n) is 16.8. The number of rotatable bonds is 6. The summed E-state index contributed by atoms with van der Waals surface area (Å²) in [4.78, 5) is 36.2. The molecule has 0 radical (unpaired) electrons. The largest absolute Gasteiger partial charge is 0.481 e. The maximum Gasteiger partial charge on any atom is 0.317 e. The maximum absolute atomic E-state index is 12.9. The van der Waals surface area contributed by atoms with Gasteiger partial charge in [0.05, 0.1) is 17.3 Å². The summed E-state index contributed by atoms with van der Waals surface area (Å²) in [5.41, 5.74) is -4.16. The van der Waals surface area contributed by atoms with E-state index in [0.717, 1.165) is 25.7 Å². The molecule has 1 aliphatic heterocycles. The van der Waals surface area contributed by atoms with Gasteiger partial charge in [0, 0.05) is 18.3 Å². The maximum atomic E-state index is 12.9. The first-order valence-corrected chi connectivity index (χ1v) is 16.8. The average molecular weight is 621 g/mol. The molecule has 44 heavy (non-hydrogen) atoms. The number of carboxylic acid groups (broad SMARTS) is 1. The van der Waals surface area contributed by atoms with Gasteiger partial charge in [-0.05, 0) is 107 Å². The molecule has 9 nitrogen and oxygen atoms in total. The topological polar surface area (TPSA) is 140 Å². The SMILES string of the molecule is CC(=O)O[C@@H]1C[C@H]2[C@@]3(C)CC[C@@H](OC(=O)CC(=O)O)C(C)(C)[C@H]3CC[C@@]2(C)[C@]2(C)CC[C@@](O)([C@]3(C)CC[C@@H](C(C)(C)O)O3)[C@@H]12. The smallest absolute Gasteiger partial charge is 0.317 e. The second-order valence-electron chi connectivity index (χ2n) is 17.2. The summed E-state index contributed by atoms with van der Waals surface area (Å²) < 4.78 is 18.6. The minimum absolute atomic E-state index is 0.140. The van der Waals surface area contributed by atoms with Crippen molar-refractivity contribution in [3.8, 4) is 0 Å². The molecule has 4 saturated carbocycles. The molecule has 0 aromatic heterocycles. The van der Waals surface area contributed by atoms with E-state index in [4.69, 9.17) is 19.3 Å². The van der Waals surface area contributed by atoms with E-state index in [9.17, 15) is 24.6 Å². The Bertz CT molecular complexity index is 1190. The summed E-state index contributed by atoms with van der Waals surface area (Å²) in [5, 5.41) is 32.8. The molecule has 5 fully saturated rings. The van der Waals surface area contributed by atoms with Crippen LogP contribution in [0.3, 0.4) is 0 Å². The van der Waals surface area contributed by atoms with Crippen molar-refractivity contribution in [3.63, 3.8) is 0 Å². The Labute approximate surface area is 262 Å². The molecule has 0 unspecified atom stereocenters. The number of fused-ring (bicyclic) bond motifs is 5. The van der Waals surface area contributed by atoms with Crippen LogP contribution in [0, 0.1) is 39.4 Å². The van der Waals surface area contributed by atoms with Gasteiger partial charge in [-0.2, -0.15) is 0 Å². The molecule has 0 aromatic rings. The molecular weight excluding hydrogens is 564 g/mol. The third-order valence-corrected chi connectivity index (χ3v) is 14.2. The molecule has 0 amide bonds. The van der Waals surface area contributed by atoms with Crippen molar-refractivity contribution in [3.05, 3.63) is 0 Å². The van der Waals surface area contributed by atoms with Crippen LogP contribution in [0.2, 0.25) is 0 Å². The minimum Gasteiger partial charge on any atom is -0.481 e. The highest BCUT2D eigenvalue weighted by atomic mass is 16.6. The van der Waals surface area contributed by atoms with Gasteiger partial charge in [0.2, 0.25) is 0 Å². The van der Waals surface area contributed by atoms with E-state index in [1.807, 2.05) is 6.92 Å². The molecule has 3 N–H and O–H groups in total. The summed E-state index contributed by atoms with van der Waals surface area (Å²) in [6.45, 7) is 18.3. The standard InChI is InChI=1S/C35H56O9/c1-20(36)42-21-18-23-31(6)13-11-24(43-27(39)19-26(37)38)29(2,3)22(31)10-14-32(23,7)33(8)16-17-35(41,28(21)33)34(9)15-12-25(44-34)30(4,5)40/h21-25,28,40-41H,10-19H2,1-9H3,(H,37,38)/t21-,22-,23+,24-,25+,28+,31+,32-,33-,34+,35+/m1/s1. The van der Waals surface area contributed by atoms with E-state index in [2.05, 4.69) is 34.6 Å². The number of aliphatic hydroxyl groups is 2. The van der Waals surface area contributed by atoms with E-state index in [-0.39, 0.29) is 57.6 Å². The molecule has 0 bridgehead atoms. The number of carboxylic acids is 1. The van der Waals surface area contributed by atoms with Crippen LogP contribution in [-0.4, -0.2) is 68.3 Å². The van der Waals surface area contributed by atoms with Gasteiger partial charge in [-0.3, -0.25) is 14.4 Å². The minimum atomic E-state index is -1.23. The highest BCUT2D eigenvalue weighted by Gasteiger charge is 2.76. The molecule has 5 aliphatic rings. The van der Waals surface area contributed by atoms with Crippen LogP contribution in [0.4, 0.5) is 0 Å². The third kappa shape index (κ3) is 4.76. The molecule has 4 aliphatic carbocycles. The first kappa shape index (κ1) is 33.6. The molecule has 5 rings (SSSR count). The average Bonchev–Trinajstić information content (AvgIpc) is 3.42. The highest BCUT2D eigenvalue weighted by molar-refractivity contribution is 5.90. The lowest BCUT2D eigenvalue weighted by molar-refractivity contribution is -0.280. The Balaban J connectivity index is 1.51. The van der Waals surface area contributed by atoms with Crippen LogP contribution < -0.4 is 0 Å². The molecule has 0 aromatic carbocycles. The quantitative estimate of drug-likeness (QED) is 0.262. The number of esters is 2. The number of carbonyl (C=O) groups excluding carboxylic acids is 2. The van der Waals surface area contributed by atoms with E-state index in [1.54, 1.807) is 13.8 Å². The summed E-state index contributed by atoms with van der Waals surface area (Å²) in [7, 11) is 0. The van der Waals surface area contributed by atoms with Gasteiger partial charge in [0.15, 0.2) is 0 Å². The van der Waals surface area contributed by atoms with E-state index >= 15 is 0 Å². The van der Waals surface area contributed by atoms with Crippen molar-refractivity contribution in [1.29, 1.82) is 0 Å². The summed E-state index contributed by atoms with van der Waals surface area (Å²) in [5.74, 6) is -2.15. The van der Waals surface area contributed by atoms with Gasteiger partial charge in [-0.25, -0.2) is 0 Å². The zero-order valence-electron chi connectivity index (χ0n) is 28.3. The van der Waals surface area contributed by atoms with Gasteiger partial charge in [0.25, 0.3) is 0 Å². The number of ether oxygens (including phenoxy) is 3. The van der Waals surface area contributed by atoms with Crippen LogP contribution in [0.15, 0.2) is 0 Å². The lowest BCUT2D eigenvalue weighted by atomic mass is 9.35. The van der Waals surface area contributed by atoms with Crippen LogP contribution >= 0.6 is 0 Å². The van der Waals surface area contributed by atoms with Crippen molar-refractivity contribution in [1.82, 2.24) is 0 Å². The van der Waals surface area contributed by atoms with Gasteiger partial charge < -0.3 is 29.5 Å². The first-order chi connectivity index (χ1) is 20.0. The number of hydrogen-bond donors (Lipinski definition) is 3. The van der Waals surface area contributed by atoms with Crippen LogP contribution in [0.25, 0.3) is 0 Å². The second-order valence-corrected chi connectivity index (χ2v) is 17.2. The van der Waals surface area contributed by atoms with Gasteiger partial charge >= 0.3 is 17.9 Å².